The van der Waals surface area contributed by atoms with Crippen molar-refractivity contribution in [2.24, 2.45) is 0 Å². The van der Waals surface area contributed by atoms with Crippen LogP contribution in [0.3, 0.4) is 0 Å². The summed E-state index contributed by atoms with van der Waals surface area (Å²) >= 11 is 5.88. The molecule has 0 spiro atoms. The van der Waals surface area contributed by atoms with E-state index in [2.05, 4.69) is 10.3 Å². The van der Waals surface area contributed by atoms with Crippen molar-refractivity contribution in [2.75, 3.05) is 5.32 Å². The number of para-hydroxylation sites is 1. The number of aromatic amines is 1. The molecule has 3 aromatic rings. The van der Waals surface area contributed by atoms with E-state index in [0.29, 0.717) is 40.9 Å². The van der Waals surface area contributed by atoms with Gasteiger partial charge in [0.1, 0.15) is 0 Å². The number of H-pyrrole nitrogens is 1. The second kappa shape index (κ2) is 8.01. The summed E-state index contributed by atoms with van der Waals surface area (Å²) < 4.78 is 1.18. The lowest BCUT2D eigenvalue weighted by Gasteiger charge is -2.07. The van der Waals surface area contributed by atoms with Crippen molar-refractivity contribution in [3.8, 4) is 0 Å². The molecule has 0 radical (unpaired) electrons. The van der Waals surface area contributed by atoms with Crippen molar-refractivity contribution in [1.29, 1.82) is 0 Å². The molecule has 0 saturated carbocycles. The molecule has 0 unspecified atom stereocenters. The number of hydrogen-bond donors (Lipinski definition) is 2. The summed E-state index contributed by atoms with van der Waals surface area (Å²) in [5.41, 5.74) is 0.425. The fourth-order valence-electron chi connectivity index (χ4n) is 2.75. The van der Waals surface area contributed by atoms with Gasteiger partial charge in [0.25, 0.3) is 5.56 Å². The molecule has 1 aromatic heterocycles. The Kier molecular flexibility index (Phi) is 5.53. The Hall–Kier alpha value is -2.86. The first-order chi connectivity index (χ1) is 12.5. The van der Waals surface area contributed by atoms with Crippen LogP contribution in [-0.2, 0) is 11.3 Å². The fourth-order valence-corrected chi connectivity index (χ4v) is 2.94. The molecule has 0 aliphatic rings. The molecule has 0 saturated heterocycles. The van der Waals surface area contributed by atoms with Crippen molar-refractivity contribution < 1.29 is 4.79 Å². The minimum absolute atomic E-state index is 0.132. The van der Waals surface area contributed by atoms with Crippen LogP contribution >= 0.6 is 11.6 Å². The van der Waals surface area contributed by atoms with Crippen LogP contribution < -0.4 is 16.6 Å². The standard InChI is InChI=1S/C19H18ClN3O3/c20-13-6-5-7-14(12-13)21-17(24)10-3-4-11-23-18(25)15-8-1-2-9-16(15)22-19(23)26/h1-2,5-9,12H,3-4,10-11H2,(H,21,24)(H,22,26). The summed E-state index contributed by atoms with van der Waals surface area (Å²) in [5.74, 6) is -0.132. The molecule has 2 N–H and O–H groups in total. The minimum Gasteiger partial charge on any atom is -0.326 e. The maximum absolute atomic E-state index is 12.4. The van der Waals surface area contributed by atoms with E-state index < -0.39 is 5.69 Å². The van der Waals surface area contributed by atoms with Crippen LogP contribution in [0.4, 0.5) is 5.69 Å². The molecule has 3 rings (SSSR count). The van der Waals surface area contributed by atoms with E-state index in [4.69, 9.17) is 11.6 Å². The van der Waals surface area contributed by atoms with E-state index in [9.17, 15) is 14.4 Å². The molecule has 134 valence electrons. The Bertz CT molecular complexity index is 1060. The minimum atomic E-state index is -0.433. The van der Waals surface area contributed by atoms with E-state index >= 15 is 0 Å². The lowest BCUT2D eigenvalue weighted by atomic mass is 10.2. The number of carbonyl (C=O) groups is 1. The largest absolute Gasteiger partial charge is 0.328 e. The van der Waals surface area contributed by atoms with Crippen LogP contribution in [0.15, 0.2) is 58.1 Å². The average molecular weight is 372 g/mol. The predicted molar refractivity (Wildman–Crippen MR) is 103 cm³/mol. The van der Waals surface area contributed by atoms with Gasteiger partial charge in [-0.2, -0.15) is 0 Å². The van der Waals surface area contributed by atoms with Gasteiger partial charge < -0.3 is 10.3 Å². The molecular weight excluding hydrogens is 354 g/mol. The molecular formula is C19H18ClN3O3. The Morgan fingerprint density at radius 2 is 1.88 bits per heavy atom. The number of amides is 1. The number of nitrogens with one attached hydrogen (secondary N) is 2. The SMILES string of the molecule is O=C(CCCCn1c(=O)[nH]c2ccccc2c1=O)Nc1cccc(Cl)c1. The maximum atomic E-state index is 12.4. The van der Waals surface area contributed by atoms with Gasteiger partial charge in [-0.25, -0.2) is 4.79 Å². The Morgan fingerprint density at radius 3 is 2.69 bits per heavy atom. The molecule has 26 heavy (non-hydrogen) atoms. The highest BCUT2D eigenvalue weighted by Crippen LogP contribution is 2.15. The molecule has 1 amide bonds. The number of carbonyl (C=O) groups excluding carboxylic acids is 1. The molecule has 0 atom stereocenters. The molecule has 1 heterocycles. The van der Waals surface area contributed by atoms with E-state index in [1.165, 1.54) is 4.57 Å². The second-order valence-electron chi connectivity index (χ2n) is 5.95. The number of unbranched alkanes of at least 4 members (excludes halogenated alkanes) is 1. The summed E-state index contributed by atoms with van der Waals surface area (Å²) in [7, 11) is 0. The highest BCUT2D eigenvalue weighted by atomic mass is 35.5. The molecule has 0 bridgehead atoms. The second-order valence-corrected chi connectivity index (χ2v) is 6.38. The third kappa shape index (κ3) is 4.21. The highest BCUT2D eigenvalue weighted by Gasteiger charge is 2.08. The van der Waals surface area contributed by atoms with Gasteiger partial charge in [-0.1, -0.05) is 29.8 Å². The van der Waals surface area contributed by atoms with Crippen molar-refractivity contribution in [1.82, 2.24) is 9.55 Å². The van der Waals surface area contributed by atoms with Gasteiger partial charge in [-0.3, -0.25) is 14.2 Å². The van der Waals surface area contributed by atoms with Crippen LogP contribution in [-0.4, -0.2) is 15.5 Å². The Morgan fingerprint density at radius 1 is 1.08 bits per heavy atom. The zero-order valence-corrected chi connectivity index (χ0v) is 14.8. The molecule has 2 aromatic carbocycles. The number of benzene rings is 2. The number of hydrogen-bond acceptors (Lipinski definition) is 3. The zero-order chi connectivity index (χ0) is 18.5. The summed E-state index contributed by atoms with van der Waals surface area (Å²) in [6.07, 6.45) is 1.40. The summed E-state index contributed by atoms with van der Waals surface area (Å²) in [5, 5.41) is 3.80. The first kappa shape index (κ1) is 17.9. The van der Waals surface area contributed by atoms with Crippen LogP contribution in [0.5, 0.6) is 0 Å². The third-order valence-electron chi connectivity index (χ3n) is 4.03. The fraction of sp³-hybridized carbons (Fsp3) is 0.211. The number of anilines is 1. The number of halogens is 1. The first-order valence-electron chi connectivity index (χ1n) is 8.32. The van der Waals surface area contributed by atoms with Gasteiger partial charge in [0, 0.05) is 23.7 Å². The van der Waals surface area contributed by atoms with E-state index in [0.717, 1.165) is 0 Å². The summed E-state index contributed by atoms with van der Waals surface area (Å²) in [4.78, 5) is 39.1. The molecule has 6 nitrogen and oxygen atoms in total. The Labute approximate surface area is 154 Å². The van der Waals surface area contributed by atoms with Gasteiger partial charge in [0.2, 0.25) is 5.91 Å². The quantitative estimate of drug-likeness (QED) is 0.653. The third-order valence-corrected chi connectivity index (χ3v) is 4.27. The normalized spacial score (nSPS) is 10.8. The smallest absolute Gasteiger partial charge is 0.326 e. The van der Waals surface area contributed by atoms with Crippen molar-refractivity contribution in [3.05, 3.63) is 74.4 Å². The lowest BCUT2D eigenvalue weighted by Crippen LogP contribution is -2.35. The van der Waals surface area contributed by atoms with Crippen molar-refractivity contribution in [2.45, 2.75) is 25.8 Å². The number of fused-ring (bicyclic) bond motifs is 1. The molecule has 7 heteroatoms. The summed E-state index contributed by atoms with van der Waals surface area (Å²) in [6.45, 7) is 0.267. The van der Waals surface area contributed by atoms with Crippen molar-refractivity contribution >= 4 is 34.1 Å². The monoisotopic (exact) mass is 371 g/mol. The van der Waals surface area contributed by atoms with Crippen molar-refractivity contribution in [3.63, 3.8) is 0 Å². The molecule has 0 fully saturated rings. The van der Waals surface area contributed by atoms with Crippen LogP contribution in [0.25, 0.3) is 10.9 Å². The average Bonchev–Trinajstić information content (AvgIpc) is 2.61. The van der Waals surface area contributed by atoms with E-state index in [1.54, 1.807) is 48.5 Å². The van der Waals surface area contributed by atoms with Gasteiger partial charge in [-0.15, -0.1) is 0 Å². The maximum Gasteiger partial charge on any atom is 0.328 e. The number of aromatic nitrogens is 2. The number of nitrogens with zero attached hydrogens (tertiary/aromatic N) is 1. The molecule has 0 aliphatic carbocycles. The van der Waals surface area contributed by atoms with Gasteiger partial charge in [-0.05, 0) is 43.2 Å². The van der Waals surface area contributed by atoms with Gasteiger partial charge in [0.05, 0.1) is 10.9 Å². The van der Waals surface area contributed by atoms with Crippen LogP contribution in [0, 0.1) is 0 Å². The van der Waals surface area contributed by atoms with Crippen LogP contribution in [0.1, 0.15) is 19.3 Å². The summed E-state index contributed by atoms with van der Waals surface area (Å²) in [6, 6.07) is 13.8. The van der Waals surface area contributed by atoms with E-state index in [-0.39, 0.29) is 18.0 Å². The predicted octanol–water partition coefficient (Wildman–Crippen LogP) is 3.15. The van der Waals surface area contributed by atoms with Crippen LogP contribution in [0.2, 0.25) is 5.02 Å². The topological polar surface area (TPSA) is 84.0 Å². The highest BCUT2D eigenvalue weighted by molar-refractivity contribution is 6.30. The lowest BCUT2D eigenvalue weighted by molar-refractivity contribution is -0.116. The number of rotatable bonds is 6. The van der Waals surface area contributed by atoms with E-state index in [1.807, 2.05) is 0 Å². The molecule has 0 aliphatic heterocycles. The first-order valence-corrected chi connectivity index (χ1v) is 8.70. The Balaban J connectivity index is 1.57. The van der Waals surface area contributed by atoms with Gasteiger partial charge >= 0.3 is 5.69 Å². The zero-order valence-electron chi connectivity index (χ0n) is 14.0. The van der Waals surface area contributed by atoms with Gasteiger partial charge in [0.15, 0.2) is 0 Å².